The molecule has 2 fully saturated rings. The number of nitrogen functional groups attached to an aromatic ring is 1. The van der Waals surface area contributed by atoms with Crippen molar-refractivity contribution in [1.82, 2.24) is 9.88 Å². The Morgan fingerprint density at radius 1 is 1.36 bits per heavy atom. The Balaban J connectivity index is 1.64. The average Bonchev–Trinajstić information content (AvgIpc) is 2.47. The number of hydrogen-bond acceptors (Lipinski definition) is 5. The molecule has 6 heteroatoms. The quantitative estimate of drug-likeness (QED) is 0.814. The minimum Gasteiger partial charge on any atom is -0.390 e. The van der Waals surface area contributed by atoms with Crippen LogP contribution >= 0.6 is 0 Å². The Kier molecular flexibility index (Phi) is 3.82. The van der Waals surface area contributed by atoms with Crippen LogP contribution in [0.3, 0.4) is 0 Å². The van der Waals surface area contributed by atoms with E-state index in [2.05, 4.69) is 4.98 Å². The molecule has 3 rings (SSSR count). The average molecular weight is 305 g/mol. The third-order valence-electron chi connectivity index (χ3n) is 4.75. The number of aromatic nitrogens is 1. The summed E-state index contributed by atoms with van der Waals surface area (Å²) >= 11 is 0. The molecule has 1 amide bonds. The number of likely N-dealkylation sites (tertiary alicyclic amines) is 1. The van der Waals surface area contributed by atoms with Crippen molar-refractivity contribution in [1.29, 1.82) is 0 Å². The summed E-state index contributed by atoms with van der Waals surface area (Å²) in [6.07, 6.45) is 4.36. The molecular formula is C16H23N3O3. The van der Waals surface area contributed by atoms with Crippen molar-refractivity contribution in [2.24, 2.45) is 0 Å². The summed E-state index contributed by atoms with van der Waals surface area (Å²) in [6, 6.07) is 3.34. The Hall–Kier alpha value is -1.66. The van der Waals surface area contributed by atoms with Gasteiger partial charge in [0.25, 0.3) is 5.91 Å². The predicted octanol–water partition coefficient (Wildman–Crippen LogP) is 1.20. The lowest BCUT2D eigenvalue weighted by molar-refractivity contribution is -0.170. The SMILES string of the molecule is CC1(O)CCOC2(CCN(C(=O)c3ccc(N)nc3)CC2)C1. The van der Waals surface area contributed by atoms with Crippen LogP contribution in [0.4, 0.5) is 5.82 Å². The molecule has 2 aliphatic rings. The minimum absolute atomic E-state index is 0.0232. The van der Waals surface area contributed by atoms with Crippen molar-refractivity contribution in [3.8, 4) is 0 Å². The molecule has 6 nitrogen and oxygen atoms in total. The van der Waals surface area contributed by atoms with Crippen molar-refractivity contribution in [3.05, 3.63) is 23.9 Å². The fourth-order valence-corrected chi connectivity index (χ4v) is 3.47. The van der Waals surface area contributed by atoms with Gasteiger partial charge in [0, 0.05) is 25.7 Å². The van der Waals surface area contributed by atoms with Crippen LogP contribution in [0.15, 0.2) is 18.3 Å². The number of anilines is 1. The highest BCUT2D eigenvalue weighted by molar-refractivity contribution is 5.94. The topological polar surface area (TPSA) is 88.7 Å². The monoisotopic (exact) mass is 305 g/mol. The molecule has 3 N–H and O–H groups in total. The highest BCUT2D eigenvalue weighted by Crippen LogP contribution is 2.39. The second-order valence-electron chi connectivity index (χ2n) is 6.72. The van der Waals surface area contributed by atoms with Gasteiger partial charge < -0.3 is 20.5 Å². The van der Waals surface area contributed by atoms with Gasteiger partial charge in [-0.05, 0) is 38.3 Å². The van der Waals surface area contributed by atoms with Crippen LogP contribution in [0.1, 0.15) is 43.0 Å². The lowest BCUT2D eigenvalue weighted by atomic mass is 9.78. The molecule has 1 atom stereocenters. The van der Waals surface area contributed by atoms with Crippen LogP contribution < -0.4 is 5.73 Å². The van der Waals surface area contributed by atoms with E-state index in [-0.39, 0.29) is 11.5 Å². The number of carbonyl (C=O) groups excluding carboxylic acids is 1. The van der Waals surface area contributed by atoms with Gasteiger partial charge in [0.05, 0.1) is 23.4 Å². The highest BCUT2D eigenvalue weighted by atomic mass is 16.5. The molecule has 22 heavy (non-hydrogen) atoms. The Morgan fingerprint density at radius 3 is 2.68 bits per heavy atom. The van der Waals surface area contributed by atoms with E-state index in [1.807, 2.05) is 11.8 Å². The van der Waals surface area contributed by atoms with Gasteiger partial charge >= 0.3 is 0 Å². The lowest BCUT2D eigenvalue weighted by Gasteiger charge is -2.48. The molecule has 120 valence electrons. The maximum atomic E-state index is 12.5. The van der Waals surface area contributed by atoms with E-state index in [1.165, 1.54) is 6.20 Å². The molecule has 0 radical (unpaired) electrons. The number of ether oxygens (including phenoxy) is 1. The van der Waals surface area contributed by atoms with Gasteiger partial charge in [0.15, 0.2) is 0 Å². The Morgan fingerprint density at radius 2 is 2.09 bits per heavy atom. The number of rotatable bonds is 1. The van der Waals surface area contributed by atoms with Gasteiger partial charge in [0.1, 0.15) is 5.82 Å². The molecule has 0 aromatic carbocycles. The first kappa shape index (κ1) is 15.2. The summed E-state index contributed by atoms with van der Waals surface area (Å²) in [5.41, 5.74) is 5.16. The number of nitrogens with zero attached hydrogens (tertiary/aromatic N) is 2. The first-order valence-corrected chi connectivity index (χ1v) is 7.76. The van der Waals surface area contributed by atoms with Crippen LogP contribution in [0.5, 0.6) is 0 Å². The number of nitrogens with two attached hydrogens (primary N) is 1. The van der Waals surface area contributed by atoms with Crippen molar-refractivity contribution in [2.75, 3.05) is 25.4 Å². The van der Waals surface area contributed by atoms with E-state index >= 15 is 0 Å². The van der Waals surface area contributed by atoms with Gasteiger partial charge in [-0.25, -0.2) is 4.98 Å². The molecule has 1 aromatic heterocycles. The molecule has 2 saturated heterocycles. The van der Waals surface area contributed by atoms with Gasteiger partial charge in [-0.3, -0.25) is 4.79 Å². The summed E-state index contributed by atoms with van der Waals surface area (Å²) in [6.45, 7) is 3.73. The highest BCUT2D eigenvalue weighted by Gasteiger charge is 2.44. The van der Waals surface area contributed by atoms with Crippen molar-refractivity contribution >= 4 is 11.7 Å². The normalized spacial score (nSPS) is 27.8. The van der Waals surface area contributed by atoms with Gasteiger partial charge in [0.2, 0.25) is 0 Å². The van der Waals surface area contributed by atoms with Crippen LogP contribution in [-0.2, 0) is 4.74 Å². The van der Waals surface area contributed by atoms with Gasteiger partial charge in [-0.1, -0.05) is 0 Å². The third kappa shape index (κ3) is 3.08. The van der Waals surface area contributed by atoms with Crippen LogP contribution in [0, 0.1) is 0 Å². The van der Waals surface area contributed by atoms with E-state index < -0.39 is 5.60 Å². The molecule has 1 spiro atoms. The Labute approximate surface area is 130 Å². The molecule has 2 aliphatic heterocycles. The number of pyridine rings is 1. The molecular weight excluding hydrogens is 282 g/mol. The lowest BCUT2D eigenvalue weighted by Crippen LogP contribution is -2.54. The fourth-order valence-electron chi connectivity index (χ4n) is 3.47. The van der Waals surface area contributed by atoms with Crippen LogP contribution in [-0.4, -0.2) is 51.8 Å². The van der Waals surface area contributed by atoms with Gasteiger partial charge in [-0.2, -0.15) is 0 Å². The van der Waals surface area contributed by atoms with E-state index in [0.717, 1.165) is 12.8 Å². The maximum absolute atomic E-state index is 12.5. The number of amides is 1. The third-order valence-corrected chi connectivity index (χ3v) is 4.75. The molecule has 0 bridgehead atoms. The van der Waals surface area contributed by atoms with Crippen molar-refractivity contribution in [3.63, 3.8) is 0 Å². The first-order chi connectivity index (χ1) is 10.4. The number of piperidine rings is 1. The second-order valence-corrected chi connectivity index (χ2v) is 6.72. The second kappa shape index (κ2) is 5.52. The summed E-state index contributed by atoms with van der Waals surface area (Å²) in [5.74, 6) is 0.386. The summed E-state index contributed by atoms with van der Waals surface area (Å²) in [7, 11) is 0. The standard InChI is InChI=1S/C16H23N3O3/c1-15(21)6-9-22-16(11-15)4-7-19(8-5-16)14(20)12-2-3-13(17)18-10-12/h2-3,10,21H,4-9,11H2,1H3,(H2,17,18). The van der Waals surface area contributed by atoms with E-state index in [9.17, 15) is 9.90 Å². The van der Waals surface area contributed by atoms with E-state index in [1.54, 1.807) is 12.1 Å². The molecule has 1 unspecified atom stereocenters. The number of carbonyl (C=O) groups is 1. The van der Waals surface area contributed by atoms with Gasteiger partial charge in [-0.15, -0.1) is 0 Å². The predicted molar refractivity (Wildman–Crippen MR) is 82.3 cm³/mol. The maximum Gasteiger partial charge on any atom is 0.255 e. The fraction of sp³-hybridized carbons (Fsp3) is 0.625. The van der Waals surface area contributed by atoms with Crippen molar-refractivity contribution in [2.45, 2.75) is 43.8 Å². The summed E-state index contributed by atoms with van der Waals surface area (Å²) in [5, 5.41) is 10.3. The summed E-state index contributed by atoms with van der Waals surface area (Å²) in [4.78, 5) is 18.3. The zero-order chi connectivity index (χ0) is 15.8. The largest absolute Gasteiger partial charge is 0.390 e. The summed E-state index contributed by atoms with van der Waals surface area (Å²) < 4.78 is 5.96. The molecule has 1 aromatic rings. The van der Waals surface area contributed by atoms with Crippen LogP contribution in [0.2, 0.25) is 0 Å². The zero-order valence-corrected chi connectivity index (χ0v) is 12.9. The molecule has 0 saturated carbocycles. The molecule has 3 heterocycles. The smallest absolute Gasteiger partial charge is 0.255 e. The number of hydrogen-bond donors (Lipinski definition) is 2. The number of aliphatic hydroxyl groups is 1. The molecule has 0 aliphatic carbocycles. The van der Waals surface area contributed by atoms with Crippen molar-refractivity contribution < 1.29 is 14.6 Å². The van der Waals surface area contributed by atoms with E-state index in [4.69, 9.17) is 10.5 Å². The van der Waals surface area contributed by atoms with Crippen LogP contribution in [0.25, 0.3) is 0 Å². The minimum atomic E-state index is -0.661. The zero-order valence-electron chi connectivity index (χ0n) is 12.9. The Bertz CT molecular complexity index is 548. The van der Waals surface area contributed by atoms with E-state index in [0.29, 0.717) is 43.9 Å². The first-order valence-electron chi connectivity index (χ1n) is 7.76.